The Morgan fingerprint density at radius 3 is 2.41 bits per heavy atom. The summed E-state index contributed by atoms with van der Waals surface area (Å²) in [5.74, 6) is 0.445. The third-order valence-electron chi connectivity index (χ3n) is 4.86. The van der Waals surface area contributed by atoms with Crippen molar-refractivity contribution in [3.63, 3.8) is 0 Å². The SMILES string of the molecule is CCC(=O)NCCNc1nc2c(c(=O)n(C)c(=O)n2C)n1Cc1ccc(C)cc1. The van der Waals surface area contributed by atoms with Gasteiger partial charge < -0.3 is 10.6 Å². The van der Waals surface area contributed by atoms with Crippen molar-refractivity contribution >= 4 is 23.0 Å². The highest BCUT2D eigenvalue weighted by molar-refractivity contribution is 5.76. The van der Waals surface area contributed by atoms with Crippen LogP contribution in [0.25, 0.3) is 11.2 Å². The maximum atomic E-state index is 12.8. The first kappa shape index (κ1) is 20.4. The van der Waals surface area contributed by atoms with Gasteiger partial charge in [0.25, 0.3) is 5.56 Å². The molecular formula is C20H26N6O3. The molecule has 2 aromatic heterocycles. The van der Waals surface area contributed by atoms with Gasteiger partial charge in [0.1, 0.15) is 0 Å². The van der Waals surface area contributed by atoms with E-state index in [1.807, 2.05) is 31.2 Å². The number of benzene rings is 1. The van der Waals surface area contributed by atoms with E-state index < -0.39 is 11.2 Å². The Balaban J connectivity index is 2.03. The van der Waals surface area contributed by atoms with Crippen molar-refractivity contribution in [1.82, 2.24) is 24.0 Å². The van der Waals surface area contributed by atoms with Gasteiger partial charge in [0, 0.05) is 33.6 Å². The van der Waals surface area contributed by atoms with Crippen molar-refractivity contribution in [3.05, 3.63) is 56.2 Å². The second-order valence-electron chi connectivity index (χ2n) is 7.02. The fourth-order valence-corrected chi connectivity index (χ4v) is 3.11. The van der Waals surface area contributed by atoms with Crippen LogP contribution in [0.1, 0.15) is 24.5 Å². The minimum absolute atomic E-state index is 0.0313. The van der Waals surface area contributed by atoms with Crippen LogP contribution in [0.4, 0.5) is 5.95 Å². The molecule has 2 N–H and O–H groups in total. The Bertz CT molecular complexity index is 1150. The Labute approximate surface area is 168 Å². The zero-order valence-electron chi connectivity index (χ0n) is 17.2. The summed E-state index contributed by atoms with van der Waals surface area (Å²) in [5, 5.41) is 5.97. The van der Waals surface area contributed by atoms with E-state index in [0.717, 1.165) is 15.7 Å². The number of imidazole rings is 1. The molecule has 0 saturated heterocycles. The van der Waals surface area contributed by atoms with Crippen LogP contribution < -0.4 is 21.9 Å². The van der Waals surface area contributed by atoms with Gasteiger partial charge in [0.05, 0.1) is 6.54 Å². The zero-order chi connectivity index (χ0) is 21.1. The molecule has 9 nitrogen and oxygen atoms in total. The van der Waals surface area contributed by atoms with Crippen LogP contribution in [-0.2, 0) is 25.4 Å². The Morgan fingerprint density at radius 2 is 1.76 bits per heavy atom. The van der Waals surface area contributed by atoms with Gasteiger partial charge >= 0.3 is 5.69 Å². The number of hydrogen-bond acceptors (Lipinski definition) is 5. The van der Waals surface area contributed by atoms with Crippen molar-refractivity contribution in [3.8, 4) is 0 Å². The fraction of sp³-hybridized carbons (Fsp3) is 0.400. The van der Waals surface area contributed by atoms with Crippen molar-refractivity contribution in [2.75, 3.05) is 18.4 Å². The first-order valence-corrected chi connectivity index (χ1v) is 9.55. The molecule has 0 bridgehead atoms. The van der Waals surface area contributed by atoms with E-state index in [0.29, 0.717) is 43.2 Å². The third kappa shape index (κ3) is 4.08. The highest BCUT2D eigenvalue weighted by atomic mass is 16.2. The zero-order valence-corrected chi connectivity index (χ0v) is 17.2. The van der Waals surface area contributed by atoms with E-state index in [4.69, 9.17) is 0 Å². The summed E-state index contributed by atoms with van der Waals surface area (Å²) >= 11 is 0. The predicted octanol–water partition coefficient (Wildman–Crippen LogP) is 0.729. The highest BCUT2D eigenvalue weighted by Gasteiger charge is 2.19. The lowest BCUT2D eigenvalue weighted by Gasteiger charge is -2.12. The number of aryl methyl sites for hydroxylation is 2. The number of carbonyl (C=O) groups excluding carboxylic acids is 1. The average Bonchev–Trinajstić information content (AvgIpc) is 3.07. The standard InChI is InChI=1S/C20H26N6O3/c1-5-15(27)21-10-11-22-19-23-17-16(18(28)25(4)20(29)24(17)3)26(19)12-14-8-6-13(2)7-9-14/h6-9H,5,10-12H2,1-4H3,(H,21,27)(H,22,23). The van der Waals surface area contributed by atoms with Gasteiger partial charge in [-0.2, -0.15) is 4.98 Å². The van der Waals surface area contributed by atoms with E-state index in [2.05, 4.69) is 15.6 Å². The number of carbonyl (C=O) groups is 1. The fourth-order valence-electron chi connectivity index (χ4n) is 3.11. The first-order valence-electron chi connectivity index (χ1n) is 9.55. The van der Waals surface area contributed by atoms with Gasteiger partial charge in [-0.3, -0.25) is 23.3 Å². The molecular weight excluding hydrogens is 372 g/mol. The quantitative estimate of drug-likeness (QED) is 0.571. The van der Waals surface area contributed by atoms with Crippen LogP contribution >= 0.6 is 0 Å². The van der Waals surface area contributed by atoms with E-state index in [1.165, 1.54) is 11.6 Å². The third-order valence-corrected chi connectivity index (χ3v) is 4.86. The molecule has 0 unspecified atom stereocenters. The maximum Gasteiger partial charge on any atom is 0.332 e. The lowest BCUT2D eigenvalue weighted by atomic mass is 10.1. The molecule has 0 saturated carbocycles. The summed E-state index contributed by atoms with van der Waals surface area (Å²) in [6, 6.07) is 8.02. The van der Waals surface area contributed by atoms with Crippen LogP contribution in [0, 0.1) is 6.92 Å². The average molecular weight is 398 g/mol. The maximum absolute atomic E-state index is 12.8. The number of anilines is 1. The summed E-state index contributed by atoms with van der Waals surface area (Å²) in [6.07, 6.45) is 0.421. The van der Waals surface area contributed by atoms with Crippen LogP contribution in [0.2, 0.25) is 0 Å². The Hall–Kier alpha value is -3.36. The van der Waals surface area contributed by atoms with Crippen molar-refractivity contribution < 1.29 is 4.79 Å². The minimum Gasteiger partial charge on any atom is -0.354 e. The van der Waals surface area contributed by atoms with Crippen LogP contribution in [0.5, 0.6) is 0 Å². The monoisotopic (exact) mass is 398 g/mol. The van der Waals surface area contributed by atoms with Gasteiger partial charge in [0.15, 0.2) is 11.2 Å². The summed E-state index contributed by atoms with van der Waals surface area (Å²) in [7, 11) is 3.05. The van der Waals surface area contributed by atoms with Crippen LogP contribution in [-0.4, -0.2) is 37.7 Å². The molecule has 1 aromatic carbocycles. The summed E-state index contributed by atoms with van der Waals surface area (Å²) in [5.41, 5.74) is 2.01. The number of fused-ring (bicyclic) bond motifs is 1. The Kier molecular flexibility index (Phi) is 5.86. The van der Waals surface area contributed by atoms with Gasteiger partial charge in [-0.25, -0.2) is 4.79 Å². The lowest BCUT2D eigenvalue weighted by molar-refractivity contribution is -0.120. The highest BCUT2D eigenvalue weighted by Crippen LogP contribution is 2.18. The van der Waals surface area contributed by atoms with Crippen LogP contribution in [0.3, 0.4) is 0 Å². The van der Waals surface area contributed by atoms with Crippen LogP contribution in [0.15, 0.2) is 33.9 Å². The van der Waals surface area contributed by atoms with Gasteiger partial charge in [-0.05, 0) is 12.5 Å². The molecule has 0 aliphatic rings. The van der Waals surface area contributed by atoms with E-state index in [-0.39, 0.29) is 5.91 Å². The molecule has 0 aliphatic heterocycles. The molecule has 0 atom stereocenters. The normalized spacial score (nSPS) is 11.0. The molecule has 0 spiro atoms. The molecule has 0 fully saturated rings. The predicted molar refractivity (Wildman–Crippen MR) is 112 cm³/mol. The molecule has 0 radical (unpaired) electrons. The van der Waals surface area contributed by atoms with E-state index >= 15 is 0 Å². The van der Waals surface area contributed by atoms with Gasteiger partial charge in [-0.15, -0.1) is 0 Å². The first-order chi connectivity index (χ1) is 13.8. The molecule has 0 aliphatic carbocycles. The minimum atomic E-state index is -0.427. The molecule has 1 amide bonds. The second-order valence-corrected chi connectivity index (χ2v) is 7.02. The smallest absolute Gasteiger partial charge is 0.332 e. The number of hydrogen-bond donors (Lipinski definition) is 2. The Morgan fingerprint density at radius 1 is 1.07 bits per heavy atom. The largest absolute Gasteiger partial charge is 0.354 e. The van der Waals surface area contributed by atoms with Gasteiger partial charge in [-0.1, -0.05) is 36.8 Å². The molecule has 3 aromatic rings. The number of amides is 1. The van der Waals surface area contributed by atoms with Crippen molar-refractivity contribution in [1.29, 1.82) is 0 Å². The molecule has 2 heterocycles. The van der Waals surface area contributed by atoms with Crippen molar-refractivity contribution in [2.24, 2.45) is 14.1 Å². The van der Waals surface area contributed by atoms with E-state index in [1.54, 1.807) is 18.5 Å². The summed E-state index contributed by atoms with van der Waals surface area (Å²) in [4.78, 5) is 41.1. The summed E-state index contributed by atoms with van der Waals surface area (Å²) < 4.78 is 4.23. The molecule has 29 heavy (non-hydrogen) atoms. The number of rotatable bonds is 7. The van der Waals surface area contributed by atoms with Crippen molar-refractivity contribution in [2.45, 2.75) is 26.8 Å². The molecule has 9 heteroatoms. The number of nitrogens with one attached hydrogen (secondary N) is 2. The van der Waals surface area contributed by atoms with Gasteiger partial charge in [0.2, 0.25) is 11.9 Å². The second kappa shape index (κ2) is 8.34. The lowest BCUT2D eigenvalue weighted by Crippen LogP contribution is -2.37. The number of aromatic nitrogens is 4. The molecule has 154 valence electrons. The number of nitrogens with zero attached hydrogens (tertiary/aromatic N) is 4. The molecule has 3 rings (SSSR count). The topological polar surface area (TPSA) is 103 Å². The van der Waals surface area contributed by atoms with E-state index in [9.17, 15) is 14.4 Å². The summed E-state index contributed by atoms with van der Waals surface area (Å²) in [6.45, 7) is 5.10.